The summed E-state index contributed by atoms with van der Waals surface area (Å²) in [6, 6.07) is 31.9. The van der Waals surface area contributed by atoms with Gasteiger partial charge in [0, 0.05) is 0 Å². The van der Waals surface area contributed by atoms with Crippen molar-refractivity contribution >= 4 is 12.2 Å². The van der Waals surface area contributed by atoms with Gasteiger partial charge >= 0.3 is 0 Å². The summed E-state index contributed by atoms with van der Waals surface area (Å²) >= 11 is 0. The van der Waals surface area contributed by atoms with Crippen molar-refractivity contribution in [2.75, 3.05) is 0 Å². The lowest BCUT2D eigenvalue weighted by atomic mass is 9.67. The van der Waals surface area contributed by atoms with Crippen LogP contribution in [0.5, 0.6) is 0 Å². The molecule has 1 aliphatic carbocycles. The summed E-state index contributed by atoms with van der Waals surface area (Å²) in [6.45, 7) is 8.56. The van der Waals surface area contributed by atoms with Gasteiger partial charge in [-0.3, -0.25) is 0 Å². The molecule has 33 heavy (non-hydrogen) atoms. The zero-order chi connectivity index (χ0) is 23.0. The summed E-state index contributed by atoms with van der Waals surface area (Å²) in [7, 11) is 0. The summed E-state index contributed by atoms with van der Waals surface area (Å²) in [5, 5.41) is 0. The summed E-state index contributed by atoms with van der Waals surface area (Å²) in [4.78, 5) is 0. The summed E-state index contributed by atoms with van der Waals surface area (Å²) in [6.07, 6.45) is 8.70. The predicted octanol–water partition coefficient (Wildman–Crippen LogP) is 8.73. The average Bonchev–Trinajstić information content (AvgIpc) is 3.14. The number of benzene rings is 4. The summed E-state index contributed by atoms with van der Waals surface area (Å²) in [5.74, 6) is 0. The van der Waals surface area contributed by atoms with Gasteiger partial charge in [-0.1, -0.05) is 97.1 Å². The van der Waals surface area contributed by atoms with Crippen LogP contribution in [0.4, 0.5) is 0 Å². The fourth-order valence-corrected chi connectivity index (χ4v) is 5.49. The quantitative estimate of drug-likeness (QED) is 0.269. The summed E-state index contributed by atoms with van der Waals surface area (Å²) < 4.78 is 0. The Morgan fingerprint density at radius 1 is 0.545 bits per heavy atom. The van der Waals surface area contributed by atoms with Crippen molar-refractivity contribution in [1.29, 1.82) is 0 Å². The molecule has 0 radical (unpaired) electrons. The molecule has 162 valence electrons. The third-order valence-corrected chi connectivity index (χ3v) is 7.07. The lowest BCUT2D eigenvalue weighted by Crippen LogP contribution is -2.29. The number of allylic oxidation sites excluding steroid dienone is 2. The topological polar surface area (TPSA) is 0 Å². The van der Waals surface area contributed by atoms with Crippen LogP contribution < -0.4 is 0 Å². The number of rotatable bonds is 4. The van der Waals surface area contributed by atoms with Gasteiger partial charge in [-0.25, -0.2) is 0 Å². The zero-order valence-electron chi connectivity index (χ0n) is 19.9. The molecule has 0 heterocycles. The Morgan fingerprint density at radius 2 is 0.970 bits per heavy atom. The number of fused-ring (bicyclic) bond motifs is 3. The predicted molar refractivity (Wildman–Crippen MR) is 143 cm³/mol. The van der Waals surface area contributed by atoms with E-state index in [-0.39, 0.29) is 5.41 Å². The molecule has 0 N–H and O–H groups in total. The normalized spacial score (nSPS) is 14.1. The highest BCUT2D eigenvalue weighted by molar-refractivity contribution is 5.86. The maximum atomic E-state index is 2.39. The molecular weight excluding hydrogens is 396 g/mol. The highest BCUT2D eigenvalue weighted by atomic mass is 14.5. The van der Waals surface area contributed by atoms with Gasteiger partial charge in [-0.2, -0.15) is 0 Å². The van der Waals surface area contributed by atoms with Crippen molar-refractivity contribution in [3.05, 3.63) is 142 Å². The molecule has 0 nitrogen and oxygen atoms in total. The van der Waals surface area contributed by atoms with Crippen molar-refractivity contribution in [3.8, 4) is 11.1 Å². The highest BCUT2D eigenvalue weighted by Gasteiger charge is 2.46. The molecule has 0 unspecified atom stereocenters. The molecule has 0 fully saturated rings. The van der Waals surface area contributed by atoms with Crippen LogP contribution in [0.1, 0.15) is 58.4 Å². The molecule has 0 saturated carbocycles. The van der Waals surface area contributed by atoms with Crippen molar-refractivity contribution in [1.82, 2.24) is 0 Å². The lowest BCUT2D eigenvalue weighted by Gasteiger charge is -2.34. The fourth-order valence-electron chi connectivity index (χ4n) is 5.49. The minimum Gasteiger partial charge on any atom is -0.0871 e. The Labute approximate surface area is 198 Å². The van der Waals surface area contributed by atoms with Crippen molar-refractivity contribution < 1.29 is 0 Å². The monoisotopic (exact) mass is 426 g/mol. The van der Waals surface area contributed by atoms with Gasteiger partial charge < -0.3 is 0 Å². The van der Waals surface area contributed by atoms with Gasteiger partial charge in [-0.15, -0.1) is 0 Å². The van der Waals surface area contributed by atoms with E-state index in [0.29, 0.717) is 0 Å². The molecule has 4 aromatic rings. The van der Waals surface area contributed by atoms with Gasteiger partial charge in [0.05, 0.1) is 5.41 Å². The van der Waals surface area contributed by atoms with E-state index in [1.54, 1.807) is 0 Å². The molecule has 0 aromatic heterocycles. The van der Waals surface area contributed by atoms with Crippen LogP contribution in [0.2, 0.25) is 0 Å². The summed E-state index contributed by atoms with van der Waals surface area (Å²) in [5.41, 5.74) is 12.8. The largest absolute Gasteiger partial charge is 0.0871 e. The van der Waals surface area contributed by atoms with E-state index < -0.39 is 0 Å². The molecule has 5 rings (SSSR count). The van der Waals surface area contributed by atoms with E-state index >= 15 is 0 Å². The molecule has 1 aliphatic rings. The minimum absolute atomic E-state index is 0.360. The van der Waals surface area contributed by atoms with E-state index in [2.05, 4.69) is 137 Å². The van der Waals surface area contributed by atoms with Crippen LogP contribution in [0.3, 0.4) is 0 Å². The van der Waals surface area contributed by atoms with Crippen LogP contribution in [0.15, 0.2) is 97.1 Å². The van der Waals surface area contributed by atoms with E-state index in [1.807, 2.05) is 0 Å². The second-order valence-corrected chi connectivity index (χ2v) is 8.98. The molecule has 0 amide bonds. The molecule has 4 aromatic carbocycles. The third-order valence-electron chi connectivity index (χ3n) is 7.07. The SMILES string of the molecule is C/C=C\c1cc(C2(c3ccc(C)c(/C=C\C)c3)c3ccccc3-c3ccccc32)ccc1C. The maximum absolute atomic E-state index is 2.39. The smallest absolute Gasteiger partial charge is 0.0713 e. The fraction of sp³-hybridized carbons (Fsp3) is 0.152. The maximum Gasteiger partial charge on any atom is 0.0713 e. The number of hydrogen-bond acceptors (Lipinski definition) is 0. The van der Waals surface area contributed by atoms with Gasteiger partial charge in [0.15, 0.2) is 0 Å². The van der Waals surface area contributed by atoms with Crippen molar-refractivity contribution in [3.63, 3.8) is 0 Å². The van der Waals surface area contributed by atoms with Gasteiger partial charge in [0.1, 0.15) is 0 Å². The first kappa shape index (κ1) is 21.2. The second kappa shape index (κ2) is 8.37. The van der Waals surface area contributed by atoms with Gasteiger partial charge in [-0.05, 0) is 95.5 Å². The molecule has 0 bridgehead atoms. The van der Waals surface area contributed by atoms with Gasteiger partial charge in [0.2, 0.25) is 0 Å². The zero-order valence-corrected chi connectivity index (χ0v) is 19.9. The number of aryl methyl sites for hydroxylation is 2. The lowest BCUT2D eigenvalue weighted by molar-refractivity contribution is 0.767. The Kier molecular flexibility index (Phi) is 5.38. The van der Waals surface area contributed by atoms with Crippen LogP contribution in [0.25, 0.3) is 23.3 Å². The van der Waals surface area contributed by atoms with Crippen LogP contribution >= 0.6 is 0 Å². The molecule has 0 atom stereocenters. The Bertz CT molecular complexity index is 1290. The highest BCUT2D eigenvalue weighted by Crippen LogP contribution is 2.56. The molecule has 0 spiro atoms. The van der Waals surface area contributed by atoms with Crippen LogP contribution in [-0.4, -0.2) is 0 Å². The second-order valence-electron chi connectivity index (χ2n) is 8.98. The van der Waals surface area contributed by atoms with Crippen LogP contribution in [0, 0.1) is 13.8 Å². The van der Waals surface area contributed by atoms with Crippen molar-refractivity contribution in [2.24, 2.45) is 0 Å². The van der Waals surface area contributed by atoms with Crippen LogP contribution in [-0.2, 0) is 5.41 Å². The van der Waals surface area contributed by atoms with E-state index in [1.165, 1.54) is 55.6 Å². The van der Waals surface area contributed by atoms with E-state index in [0.717, 1.165) is 0 Å². The molecule has 0 heteroatoms. The van der Waals surface area contributed by atoms with Gasteiger partial charge in [0.25, 0.3) is 0 Å². The first-order chi connectivity index (χ1) is 16.1. The van der Waals surface area contributed by atoms with Crippen molar-refractivity contribution in [2.45, 2.75) is 33.1 Å². The minimum atomic E-state index is -0.360. The molecule has 0 saturated heterocycles. The number of hydrogen-bond donors (Lipinski definition) is 0. The first-order valence-electron chi connectivity index (χ1n) is 11.8. The van der Waals surface area contributed by atoms with E-state index in [9.17, 15) is 0 Å². The standard InChI is InChI=1S/C33H30/c1-5-11-25-21-27(19-17-23(25)3)33(28-20-18-24(4)26(22-28)12-6-2)31-15-9-7-13-29(31)30-14-8-10-16-32(30)33/h5-22H,1-4H3/b11-5-,12-6-. The molecular formula is C33H30. The first-order valence-corrected chi connectivity index (χ1v) is 11.8. The average molecular weight is 427 g/mol. The Morgan fingerprint density at radius 3 is 1.39 bits per heavy atom. The molecule has 0 aliphatic heterocycles. The Hall–Kier alpha value is -3.64. The third kappa shape index (κ3) is 3.21. The Balaban J connectivity index is 1.94. The van der Waals surface area contributed by atoms with E-state index in [4.69, 9.17) is 0 Å².